The van der Waals surface area contributed by atoms with Gasteiger partial charge in [0.1, 0.15) is 12.4 Å². The molecular formula is C29H25NO4. The maximum atomic E-state index is 10.8. The fraction of sp³-hybridized carbons (Fsp3) is 0.103. The highest BCUT2D eigenvalue weighted by Gasteiger charge is 2.13. The molecule has 3 aromatic carbocycles. The molecule has 0 saturated heterocycles. The van der Waals surface area contributed by atoms with Crippen LogP contribution in [0.4, 0.5) is 0 Å². The van der Waals surface area contributed by atoms with Crippen LogP contribution in [0.5, 0.6) is 5.75 Å². The number of carbonyl (C=O) groups is 1. The van der Waals surface area contributed by atoms with E-state index in [9.17, 15) is 4.79 Å². The molecule has 0 radical (unpaired) electrons. The van der Waals surface area contributed by atoms with Crippen LogP contribution in [0, 0.1) is 0 Å². The third-order valence-corrected chi connectivity index (χ3v) is 5.41. The molecule has 5 nitrogen and oxygen atoms in total. The third-order valence-electron chi connectivity index (χ3n) is 5.41. The van der Waals surface area contributed by atoms with Crippen LogP contribution < -0.4 is 4.74 Å². The molecule has 0 aliphatic carbocycles. The van der Waals surface area contributed by atoms with E-state index in [-0.39, 0.29) is 0 Å². The fourth-order valence-corrected chi connectivity index (χ4v) is 3.80. The maximum Gasteiger partial charge on any atom is 0.328 e. The van der Waals surface area contributed by atoms with E-state index in [1.807, 2.05) is 54.6 Å². The van der Waals surface area contributed by atoms with Gasteiger partial charge in [-0.05, 0) is 58.0 Å². The smallest absolute Gasteiger partial charge is 0.328 e. The lowest BCUT2D eigenvalue weighted by atomic mass is 9.88. The second kappa shape index (κ2) is 11.0. The van der Waals surface area contributed by atoms with Gasteiger partial charge in [0.25, 0.3) is 0 Å². The highest BCUT2D eigenvalue weighted by molar-refractivity contribution is 5.98. The number of rotatable bonds is 9. The van der Waals surface area contributed by atoms with E-state index in [4.69, 9.17) is 14.4 Å². The molecule has 170 valence electrons. The number of hydrogen-bond donors (Lipinski definition) is 1. The van der Waals surface area contributed by atoms with Crippen LogP contribution in [0.3, 0.4) is 0 Å². The first-order chi connectivity index (χ1) is 16.6. The lowest BCUT2D eigenvalue weighted by molar-refractivity contribution is -0.131. The van der Waals surface area contributed by atoms with Crippen molar-refractivity contribution in [1.82, 2.24) is 5.16 Å². The number of hydrogen-bond acceptors (Lipinski definition) is 4. The largest absolute Gasteiger partial charge is 0.486 e. The summed E-state index contributed by atoms with van der Waals surface area (Å²) in [6.07, 6.45) is 5.18. The standard InChI is InChI=1S/C29H25NO4/c1-2-27(22-6-4-3-5-7-22)29(23-11-8-21(9-12-23)10-17-28(31)32)24-13-15-25(16-14-24)33-20-26-18-19-30-34-26/h3-19H,2,20H2,1H3,(H,31,32). The SMILES string of the molecule is CCC(=C(c1ccc(C=CC(=O)O)cc1)c1ccc(OCc2ccno2)cc1)c1ccccc1. The van der Waals surface area contributed by atoms with E-state index >= 15 is 0 Å². The van der Waals surface area contributed by atoms with Gasteiger partial charge in [-0.2, -0.15) is 0 Å². The Labute approximate surface area is 198 Å². The van der Waals surface area contributed by atoms with Crippen LogP contribution in [0.1, 0.15) is 41.4 Å². The first-order valence-electron chi connectivity index (χ1n) is 11.1. The highest BCUT2D eigenvalue weighted by atomic mass is 16.5. The lowest BCUT2D eigenvalue weighted by Gasteiger charge is -2.17. The van der Waals surface area contributed by atoms with Crippen LogP contribution in [-0.4, -0.2) is 16.2 Å². The molecule has 1 N–H and O–H groups in total. The number of aliphatic carboxylic acids is 1. The number of aromatic nitrogens is 1. The van der Waals surface area contributed by atoms with E-state index in [1.54, 1.807) is 18.3 Å². The monoisotopic (exact) mass is 451 g/mol. The van der Waals surface area contributed by atoms with Gasteiger partial charge in [0.15, 0.2) is 5.76 Å². The Morgan fingerprint density at radius 3 is 2.18 bits per heavy atom. The predicted octanol–water partition coefficient (Wildman–Crippen LogP) is 6.72. The molecule has 0 bridgehead atoms. The van der Waals surface area contributed by atoms with Crippen LogP contribution >= 0.6 is 0 Å². The summed E-state index contributed by atoms with van der Waals surface area (Å²) < 4.78 is 10.9. The average Bonchev–Trinajstić information content (AvgIpc) is 3.40. The molecule has 0 fully saturated rings. The number of nitrogens with zero attached hydrogens (tertiary/aromatic N) is 1. The van der Waals surface area contributed by atoms with Gasteiger partial charge in [0, 0.05) is 12.1 Å². The van der Waals surface area contributed by atoms with Crippen LogP contribution in [-0.2, 0) is 11.4 Å². The molecule has 5 heteroatoms. The maximum absolute atomic E-state index is 10.8. The van der Waals surface area contributed by atoms with Gasteiger partial charge in [-0.15, -0.1) is 0 Å². The Morgan fingerprint density at radius 2 is 1.59 bits per heavy atom. The van der Waals surface area contributed by atoms with Crippen molar-refractivity contribution in [3.8, 4) is 5.75 Å². The van der Waals surface area contributed by atoms with Crippen molar-refractivity contribution in [3.63, 3.8) is 0 Å². The van der Waals surface area contributed by atoms with Crippen molar-refractivity contribution in [3.05, 3.63) is 125 Å². The van der Waals surface area contributed by atoms with Crippen molar-refractivity contribution in [2.75, 3.05) is 0 Å². The quantitative estimate of drug-likeness (QED) is 0.226. The van der Waals surface area contributed by atoms with Crippen LogP contribution in [0.15, 0.2) is 102 Å². The van der Waals surface area contributed by atoms with Crippen LogP contribution in [0.25, 0.3) is 17.2 Å². The highest BCUT2D eigenvalue weighted by Crippen LogP contribution is 2.35. The van der Waals surface area contributed by atoms with E-state index in [2.05, 4.69) is 36.3 Å². The Hall–Kier alpha value is -4.38. The zero-order chi connectivity index (χ0) is 23.8. The van der Waals surface area contributed by atoms with E-state index in [0.29, 0.717) is 12.4 Å². The molecule has 0 aliphatic heterocycles. The van der Waals surface area contributed by atoms with Crippen molar-refractivity contribution >= 4 is 23.2 Å². The molecular weight excluding hydrogens is 426 g/mol. The number of ether oxygens (including phenoxy) is 1. The van der Waals surface area contributed by atoms with Gasteiger partial charge in [0.2, 0.25) is 0 Å². The van der Waals surface area contributed by atoms with Gasteiger partial charge in [0.05, 0.1) is 6.20 Å². The van der Waals surface area contributed by atoms with Gasteiger partial charge >= 0.3 is 5.97 Å². The predicted molar refractivity (Wildman–Crippen MR) is 133 cm³/mol. The summed E-state index contributed by atoms with van der Waals surface area (Å²) in [5.41, 5.74) is 6.49. The summed E-state index contributed by atoms with van der Waals surface area (Å²) in [4.78, 5) is 10.8. The molecule has 4 rings (SSSR count). The topological polar surface area (TPSA) is 72.6 Å². The van der Waals surface area contributed by atoms with Crippen molar-refractivity contribution in [2.45, 2.75) is 20.0 Å². The number of allylic oxidation sites excluding steroid dienone is 1. The van der Waals surface area contributed by atoms with E-state index in [0.717, 1.165) is 40.5 Å². The molecule has 0 spiro atoms. The molecule has 1 heterocycles. The average molecular weight is 452 g/mol. The molecule has 0 amide bonds. The van der Waals surface area contributed by atoms with Crippen molar-refractivity contribution in [1.29, 1.82) is 0 Å². The minimum atomic E-state index is -0.965. The normalized spacial score (nSPS) is 11.9. The van der Waals surface area contributed by atoms with Gasteiger partial charge in [-0.1, -0.05) is 78.8 Å². The van der Waals surface area contributed by atoms with Gasteiger partial charge < -0.3 is 14.4 Å². The number of carboxylic acid groups (broad SMARTS) is 1. The third kappa shape index (κ3) is 5.70. The number of benzene rings is 3. The van der Waals surface area contributed by atoms with E-state index < -0.39 is 5.97 Å². The molecule has 0 saturated carbocycles. The Balaban J connectivity index is 1.71. The lowest BCUT2D eigenvalue weighted by Crippen LogP contribution is -1.97. The summed E-state index contributed by atoms with van der Waals surface area (Å²) >= 11 is 0. The molecule has 0 atom stereocenters. The minimum Gasteiger partial charge on any atom is -0.486 e. The molecule has 1 aromatic heterocycles. The first-order valence-corrected chi connectivity index (χ1v) is 11.1. The summed E-state index contributed by atoms with van der Waals surface area (Å²) in [5, 5.41) is 12.6. The summed E-state index contributed by atoms with van der Waals surface area (Å²) in [7, 11) is 0. The summed E-state index contributed by atoms with van der Waals surface area (Å²) in [6.45, 7) is 2.47. The van der Waals surface area contributed by atoms with Crippen molar-refractivity contribution < 1.29 is 19.2 Å². The molecule has 34 heavy (non-hydrogen) atoms. The first kappa shape index (κ1) is 22.8. The molecule has 0 aliphatic rings. The Bertz CT molecular complexity index is 1270. The minimum absolute atomic E-state index is 0.317. The van der Waals surface area contributed by atoms with Crippen molar-refractivity contribution in [2.24, 2.45) is 0 Å². The fourth-order valence-electron chi connectivity index (χ4n) is 3.80. The Kier molecular flexibility index (Phi) is 7.35. The molecule has 4 aromatic rings. The van der Waals surface area contributed by atoms with E-state index in [1.165, 1.54) is 11.1 Å². The Morgan fingerprint density at radius 1 is 0.912 bits per heavy atom. The van der Waals surface area contributed by atoms with Crippen LogP contribution in [0.2, 0.25) is 0 Å². The second-order valence-electron chi connectivity index (χ2n) is 7.66. The zero-order valence-electron chi connectivity index (χ0n) is 18.8. The number of carboxylic acids is 1. The molecule has 0 unspecified atom stereocenters. The summed E-state index contributed by atoms with van der Waals surface area (Å²) in [5.74, 6) is 0.443. The summed E-state index contributed by atoms with van der Waals surface area (Å²) in [6, 6.07) is 28.1. The van der Waals surface area contributed by atoms with Gasteiger partial charge in [-0.25, -0.2) is 4.79 Å². The zero-order valence-corrected chi connectivity index (χ0v) is 18.8. The second-order valence-corrected chi connectivity index (χ2v) is 7.66. The van der Waals surface area contributed by atoms with Gasteiger partial charge in [-0.3, -0.25) is 0 Å².